The molecule has 0 bridgehead atoms. The summed E-state index contributed by atoms with van der Waals surface area (Å²) < 4.78 is 11.9. The highest BCUT2D eigenvalue weighted by molar-refractivity contribution is 7.22. The van der Waals surface area contributed by atoms with Gasteiger partial charge in [0.25, 0.3) is 5.89 Å². The Kier molecular flexibility index (Phi) is 3.79. The third kappa shape index (κ3) is 2.79. The highest BCUT2D eigenvalue weighted by atomic mass is 35.5. The van der Waals surface area contributed by atoms with Gasteiger partial charge < -0.3 is 9.15 Å². The number of benzene rings is 2. The number of halogens is 1. The average Bonchev–Trinajstić information content (AvgIpc) is 3.21. The Balaban J connectivity index is 1.61. The Hall–Kier alpha value is -2.64. The fourth-order valence-corrected chi connectivity index (χ4v) is 3.25. The van der Waals surface area contributed by atoms with Crippen molar-refractivity contribution in [1.82, 2.24) is 15.2 Å². The van der Waals surface area contributed by atoms with Gasteiger partial charge in [0.05, 0.1) is 27.9 Å². The van der Waals surface area contributed by atoms with Gasteiger partial charge >= 0.3 is 6.01 Å². The molecule has 1 N–H and O–H groups in total. The first-order chi connectivity index (χ1) is 11.7. The maximum absolute atomic E-state index is 6.14. The van der Waals surface area contributed by atoms with E-state index in [4.69, 9.17) is 20.8 Å². The zero-order valence-electron chi connectivity index (χ0n) is 12.5. The van der Waals surface area contributed by atoms with Crippen LogP contribution in [0, 0.1) is 0 Å². The number of methoxy groups -OCH3 is 1. The molecule has 0 amide bonds. The van der Waals surface area contributed by atoms with Gasteiger partial charge in [-0.1, -0.05) is 40.2 Å². The summed E-state index contributed by atoms with van der Waals surface area (Å²) in [4.78, 5) is 4.49. The van der Waals surface area contributed by atoms with Gasteiger partial charge in [-0.05, 0) is 24.3 Å². The van der Waals surface area contributed by atoms with E-state index in [1.165, 1.54) is 11.3 Å². The van der Waals surface area contributed by atoms with Gasteiger partial charge in [0, 0.05) is 6.07 Å². The number of rotatable bonds is 4. The Bertz CT molecular complexity index is 1010. The van der Waals surface area contributed by atoms with Gasteiger partial charge in [-0.3, -0.25) is 5.32 Å². The number of hydrogen-bond acceptors (Lipinski definition) is 7. The summed E-state index contributed by atoms with van der Waals surface area (Å²) >= 11 is 7.63. The molecule has 4 aromatic rings. The van der Waals surface area contributed by atoms with E-state index in [-0.39, 0.29) is 6.01 Å². The lowest BCUT2D eigenvalue weighted by atomic mass is 10.2. The molecule has 0 fully saturated rings. The maximum Gasteiger partial charge on any atom is 0.322 e. The van der Waals surface area contributed by atoms with Crippen LogP contribution in [0.25, 0.3) is 21.7 Å². The van der Waals surface area contributed by atoms with Crippen LogP contribution in [0.3, 0.4) is 0 Å². The summed E-state index contributed by atoms with van der Waals surface area (Å²) in [6.45, 7) is 0. The Morgan fingerprint density at radius 3 is 2.88 bits per heavy atom. The molecule has 0 aliphatic heterocycles. The van der Waals surface area contributed by atoms with Gasteiger partial charge in [0.1, 0.15) is 5.75 Å². The van der Waals surface area contributed by atoms with Crippen LogP contribution in [0.2, 0.25) is 5.02 Å². The van der Waals surface area contributed by atoms with Crippen molar-refractivity contribution < 1.29 is 9.15 Å². The van der Waals surface area contributed by atoms with E-state index in [0.717, 1.165) is 16.0 Å². The number of anilines is 2. The number of nitrogens with one attached hydrogen (secondary N) is 1. The van der Waals surface area contributed by atoms with Gasteiger partial charge in [0.2, 0.25) is 0 Å². The predicted octanol–water partition coefficient (Wildman–Crippen LogP) is 4.75. The zero-order valence-corrected chi connectivity index (χ0v) is 14.1. The molecule has 4 rings (SSSR count). The summed E-state index contributed by atoms with van der Waals surface area (Å²) in [6, 6.07) is 13.3. The third-order valence-electron chi connectivity index (χ3n) is 3.34. The summed E-state index contributed by atoms with van der Waals surface area (Å²) in [6.07, 6.45) is 0. The number of nitrogens with zero attached hydrogens (tertiary/aromatic N) is 3. The molecule has 0 radical (unpaired) electrons. The summed E-state index contributed by atoms with van der Waals surface area (Å²) in [7, 11) is 1.63. The minimum absolute atomic E-state index is 0.260. The molecule has 0 saturated heterocycles. The quantitative estimate of drug-likeness (QED) is 0.567. The molecule has 2 aromatic heterocycles. The lowest BCUT2D eigenvalue weighted by Gasteiger charge is -1.97. The van der Waals surface area contributed by atoms with Crippen molar-refractivity contribution in [2.45, 2.75) is 0 Å². The number of ether oxygens (including phenoxy) is 1. The van der Waals surface area contributed by atoms with E-state index < -0.39 is 0 Å². The van der Waals surface area contributed by atoms with Crippen molar-refractivity contribution in [3.05, 3.63) is 47.5 Å². The molecule has 0 spiro atoms. The summed E-state index contributed by atoms with van der Waals surface area (Å²) in [5.74, 6) is 1.11. The van der Waals surface area contributed by atoms with E-state index in [1.807, 2.05) is 36.4 Å². The second-order valence-electron chi connectivity index (χ2n) is 4.87. The van der Waals surface area contributed by atoms with Gasteiger partial charge in [-0.15, -0.1) is 5.10 Å². The standard InChI is InChI=1S/C16H11ClN4O2S/c1-22-9-6-7-13-12(8-9)18-16(24-13)19-15-21-20-14(23-15)10-4-2-3-5-11(10)17/h2-8H,1H3,(H,18,19,21). The largest absolute Gasteiger partial charge is 0.497 e. The van der Waals surface area contributed by atoms with E-state index in [0.29, 0.717) is 21.6 Å². The van der Waals surface area contributed by atoms with Crippen LogP contribution >= 0.6 is 22.9 Å². The zero-order chi connectivity index (χ0) is 16.5. The number of aromatic nitrogens is 3. The Morgan fingerprint density at radius 2 is 2.04 bits per heavy atom. The highest BCUT2D eigenvalue weighted by Gasteiger charge is 2.13. The molecule has 0 aliphatic carbocycles. The first-order valence-corrected chi connectivity index (χ1v) is 8.22. The minimum Gasteiger partial charge on any atom is -0.497 e. The molecule has 0 saturated carbocycles. The molecular formula is C16H11ClN4O2S. The molecule has 6 nitrogen and oxygen atoms in total. The summed E-state index contributed by atoms with van der Waals surface area (Å²) in [5, 5.41) is 12.2. The van der Waals surface area contributed by atoms with Crippen molar-refractivity contribution in [3.63, 3.8) is 0 Å². The Morgan fingerprint density at radius 1 is 1.17 bits per heavy atom. The van der Waals surface area contributed by atoms with Crippen LogP contribution < -0.4 is 10.1 Å². The predicted molar refractivity (Wildman–Crippen MR) is 94.2 cm³/mol. The average molecular weight is 359 g/mol. The van der Waals surface area contributed by atoms with Crippen molar-refractivity contribution in [2.24, 2.45) is 0 Å². The highest BCUT2D eigenvalue weighted by Crippen LogP contribution is 2.32. The number of thiazole rings is 1. The van der Waals surface area contributed by atoms with E-state index in [9.17, 15) is 0 Å². The molecule has 0 unspecified atom stereocenters. The number of fused-ring (bicyclic) bond motifs is 1. The molecule has 0 atom stereocenters. The van der Waals surface area contributed by atoms with Crippen LogP contribution in [-0.2, 0) is 0 Å². The smallest absolute Gasteiger partial charge is 0.322 e. The fourth-order valence-electron chi connectivity index (χ4n) is 2.20. The van der Waals surface area contributed by atoms with Crippen molar-refractivity contribution in [1.29, 1.82) is 0 Å². The SMILES string of the molecule is COc1ccc2sc(Nc3nnc(-c4ccccc4Cl)o3)nc2c1. The molecule has 2 aromatic carbocycles. The maximum atomic E-state index is 6.14. The van der Waals surface area contributed by atoms with Crippen molar-refractivity contribution in [2.75, 3.05) is 12.4 Å². The molecule has 120 valence electrons. The van der Waals surface area contributed by atoms with Crippen LogP contribution in [0.15, 0.2) is 46.9 Å². The molecular weight excluding hydrogens is 348 g/mol. The number of hydrogen-bond donors (Lipinski definition) is 1. The van der Waals surface area contributed by atoms with Gasteiger partial charge in [0.15, 0.2) is 5.13 Å². The molecule has 8 heteroatoms. The second-order valence-corrected chi connectivity index (χ2v) is 6.31. The second kappa shape index (κ2) is 6.10. The topological polar surface area (TPSA) is 73.1 Å². The minimum atomic E-state index is 0.260. The van der Waals surface area contributed by atoms with Crippen LogP contribution in [0.1, 0.15) is 0 Å². The van der Waals surface area contributed by atoms with Gasteiger partial charge in [-0.25, -0.2) is 4.98 Å². The first-order valence-electron chi connectivity index (χ1n) is 7.03. The Labute approximate surface area is 146 Å². The van der Waals surface area contributed by atoms with E-state index in [1.54, 1.807) is 13.2 Å². The molecule has 24 heavy (non-hydrogen) atoms. The lowest BCUT2D eigenvalue weighted by Crippen LogP contribution is -1.88. The van der Waals surface area contributed by atoms with Crippen LogP contribution in [0.4, 0.5) is 11.1 Å². The fraction of sp³-hybridized carbons (Fsp3) is 0.0625. The van der Waals surface area contributed by atoms with Crippen LogP contribution in [0.5, 0.6) is 5.75 Å². The van der Waals surface area contributed by atoms with Gasteiger partial charge in [-0.2, -0.15) is 0 Å². The summed E-state index contributed by atoms with van der Waals surface area (Å²) in [5.41, 5.74) is 1.53. The first kappa shape index (κ1) is 14.9. The van der Waals surface area contributed by atoms with Crippen molar-refractivity contribution >= 4 is 44.3 Å². The van der Waals surface area contributed by atoms with Crippen LogP contribution in [-0.4, -0.2) is 22.3 Å². The lowest BCUT2D eigenvalue weighted by molar-refractivity contribution is 0.415. The molecule has 0 aliphatic rings. The van der Waals surface area contributed by atoms with E-state index in [2.05, 4.69) is 20.5 Å². The van der Waals surface area contributed by atoms with E-state index >= 15 is 0 Å². The normalized spacial score (nSPS) is 10.9. The van der Waals surface area contributed by atoms with Crippen molar-refractivity contribution in [3.8, 4) is 17.2 Å². The molecule has 2 heterocycles. The monoisotopic (exact) mass is 358 g/mol. The third-order valence-corrected chi connectivity index (χ3v) is 4.62.